The minimum atomic E-state index is 0.301. The van der Waals surface area contributed by atoms with Crippen LogP contribution in [-0.2, 0) is 6.54 Å². The lowest BCUT2D eigenvalue weighted by Gasteiger charge is -2.15. The molecule has 0 aliphatic rings. The van der Waals surface area contributed by atoms with E-state index in [0.717, 1.165) is 21.6 Å². The highest BCUT2D eigenvalue weighted by Gasteiger charge is 2.07. The Labute approximate surface area is 128 Å². The highest BCUT2D eigenvalue weighted by atomic mass is 79.9. The maximum absolute atomic E-state index is 6.19. The Balaban J connectivity index is 2.04. The Kier molecular flexibility index (Phi) is 5.03. The van der Waals surface area contributed by atoms with Gasteiger partial charge in [-0.25, -0.2) is 0 Å². The van der Waals surface area contributed by atoms with Crippen LogP contribution in [0.1, 0.15) is 29.7 Å². The third kappa shape index (κ3) is 4.07. The average Bonchev–Trinajstić information content (AvgIpc) is 2.39. The molecule has 0 heterocycles. The topological polar surface area (TPSA) is 12.0 Å². The normalized spacial score (nSPS) is 12.4. The highest BCUT2D eigenvalue weighted by Crippen LogP contribution is 2.22. The van der Waals surface area contributed by atoms with Crippen LogP contribution in [0.25, 0.3) is 0 Å². The van der Waals surface area contributed by atoms with Gasteiger partial charge in [0.05, 0.1) is 0 Å². The SMILES string of the molecule is Cc1cccc([C@@H](C)NCc2cc(Br)ccc2Cl)c1. The molecule has 3 heteroatoms. The molecule has 0 aromatic heterocycles. The molecule has 2 rings (SSSR count). The second-order valence-electron chi connectivity index (χ2n) is 4.75. The fourth-order valence-corrected chi connectivity index (χ4v) is 2.59. The van der Waals surface area contributed by atoms with Crippen LogP contribution in [0.3, 0.4) is 0 Å². The third-order valence-corrected chi connectivity index (χ3v) is 4.01. The Morgan fingerprint density at radius 3 is 2.74 bits per heavy atom. The molecule has 2 aromatic rings. The summed E-state index contributed by atoms with van der Waals surface area (Å²) in [4.78, 5) is 0. The summed E-state index contributed by atoms with van der Waals surface area (Å²) in [5.74, 6) is 0. The van der Waals surface area contributed by atoms with Crippen molar-refractivity contribution < 1.29 is 0 Å². The van der Waals surface area contributed by atoms with E-state index < -0.39 is 0 Å². The van der Waals surface area contributed by atoms with E-state index in [9.17, 15) is 0 Å². The summed E-state index contributed by atoms with van der Waals surface area (Å²) in [6.45, 7) is 5.04. The minimum Gasteiger partial charge on any atom is -0.306 e. The molecule has 0 unspecified atom stereocenters. The van der Waals surface area contributed by atoms with Gasteiger partial charge in [0, 0.05) is 22.1 Å². The van der Waals surface area contributed by atoms with Crippen LogP contribution >= 0.6 is 27.5 Å². The minimum absolute atomic E-state index is 0.301. The Hall–Kier alpha value is -0.830. The van der Waals surface area contributed by atoms with Crippen LogP contribution in [-0.4, -0.2) is 0 Å². The van der Waals surface area contributed by atoms with E-state index in [4.69, 9.17) is 11.6 Å². The number of nitrogens with one attached hydrogen (secondary N) is 1. The van der Waals surface area contributed by atoms with Crippen LogP contribution in [0.4, 0.5) is 0 Å². The van der Waals surface area contributed by atoms with Crippen molar-refractivity contribution >= 4 is 27.5 Å². The molecule has 0 aliphatic heterocycles. The smallest absolute Gasteiger partial charge is 0.0451 e. The number of rotatable bonds is 4. The maximum atomic E-state index is 6.19. The number of hydrogen-bond acceptors (Lipinski definition) is 1. The van der Waals surface area contributed by atoms with Crippen molar-refractivity contribution in [1.82, 2.24) is 5.32 Å². The summed E-state index contributed by atoms with van der Waals surface area (Å²) >= 11 is 9.66. The molecule has 1 nitrogen and oxygen atoms in total. The summed E-state index contributed by atoms with van der Waals surface area (Å²) in [6, 6.07) is 14.8. The van der Waals surface area contributed by atoms with Crippen molar-refractivity contribution in [1.29, 1.82) is 0 Å². The Bertz CT molecular complexity index is 568. The third-order valence-electron chi connectivity index (χ3n) is 3.15. The zero-order valence-corrected chi connectivity index (χ0v) is 13.4. The first-order valence-corrected chi connectivity index (χ1v) is 7.47. The van der Waals surface area contributed by atoms with Gasteiger partial charge in [0.15, 0.2) is 0 Å². The molecule has 0 aliphatic carbocycles. The predicted molar refractivity (Wildman–Crippen MR) is 85.6 cm³/mol. The first-order chi connectivity index (χ1) is 9.06. The van der Waals surface area contributed by atoms with E-state index in [1.165, 1.54) is 11.1 Å². The average molecular weight is 339 g/mol. The first-order valence-electron chi connectivity index (χ1n) is 6.30. The Morgan fingerprint density at radius 2 is 2.00 bits per heavy atom. The maximum Gasteiger partial charge on any atom is 0.0451 e. The molecular formula is C16H17BrClN. The number of hydrogen-bond donors (Lipinski definition) is 1. The molecule has 0 saturated carbocycles. The molecule has 0 amide bonds. The highest BCUT2D eigenvalue weighted by molar-refractivity contribution is 9.10. The Morgan fingerprint density at radius 1 is 1.21 bits per heavy atom. The van der Waals surface area contributed by atoms with Crippen LogP contribution < -0.4 is 5.32 Å². The standard InChI is InChI=1S/C16H17BrClN/c1-11-4-3-5-13(8-11)12(2)19-10-14-9-15(17)6-7-16(14)18/h3-9,12,19H,10H2,1-2H3/t12-/m1/s1. The molecular weight excluding hydrogens is 322 g/mol. The van der Waals surface area contributed by atoms with Gasteiger partial charge < -0.3 is 5.32 Å². The van der Waals surface area contributed by atoms with Crippen molar-refractivity contribution in [3.8, 4) is 0 Å². The quantitative estimate of drug-likeness (QED) is 0.801. The second kappa shape index (κ2) is 6.56. The summed E-state index contributed by atoms with van der Waals surface area (Å²) in [5.41, 5.74) is 3.69. The zero-order valence-electron chi connectivity index (χ0n) is 11.1. The van der Waals surface area contributed by atoms with E-state index in [2.05, 4.69) is 65.4 Å². The van der Waals surface area contributed by atoms with E-state index >= 15 is 0 Å². The molecule has 1 atom stereocenters. The van der Waals surface area contributed by atoms with Crippen molar-refractivity contribution in [2.45, 2.75) is 26.4 Å². The lowest BCUT2D eigenvalue weighted by molar-refractivity contribution is 0.574. The van der Waals surface area contributed by atoms with Crippen LogP contribution in [0.15, 0.2) is 46.9 Å². The van der Waals surface area contributed by atoms with Gasteiger partial charge in [0.2, 0.25) is 0 Å². The van der Waals surface area contributed by atoms with Gasteiger partial charge in [0.25, 0.3) is 0 Å². The van der Waals surface area contributed by atoms with Gasteiger partial charge in [-0.3, -0.25) is 0 Å². The number of halogens is 2. The van der Waals surface area contributed by atoms with Crippen LogP contribution in [0.5, 0.6) is 0 Å². The van der Waals surface area contributed by atoms with Gasteiger partial charge in [-0.15, -0.1) is 0 Å². The van der Waals surface area contributed by atoms with E-state index in [0.29, 0.717) is 6.04 Å². The van der Waals surface area contributed by atoms with E-state index in [1.54, 1.807) is 0 Å². The van der Waals surface area contributed by atoms with Crippen LogP contribution in [0, 0.1) is 6.92 Å². The summed E-state index contributed by atoms with van der Waals surface area (Å²) < 4.78 is 1.05. The van der Waals surface area contributed by atoms with Gasteiger partial charge in [-0.05, 0) is 43.2 Å². The monoisotopic (exact) mass is 337 g/mol. The molecule has 2 aromatic carbocycles. The first kappa shape index (κ1) is 14.6. The van der Waals surface area contributed by atoms with Gasteiger partial charge in [-0.1, -0.05) is 57.4 Å². The second-order valence-corrected chi connectivity index (χ2v) is 6.08. The van der Waals surface area contributed by atoms with Crippen molar-refractivity contribution in [3.63, 3.8) is 0 Å². The molecule has 0 fully saturated rings. The summed E-state index contributed by atoms with van der Waals surface area (Å²) in [5, 5.41) is 4.30. The molecule has 0 saturated heterocycles. The summed E-state index contributed by atoms with van der Waals surface area (Å²) in [7, 11) is 0. The zero-order chi connectivity index (χ0) is 13.8. The summed E-state index contributed by atoms with van der Waals surface area (Å²) in [6.07, 6.45) is 0. The van der Waals surface area contributed by atoms with Crippen LogP contribution in [0.2, 0.25) is 5.02 Å². The molecule has 100 valence electrons. The fourth-order valence-electron chi connectivity index (χ4n) is 2.00. The van der Waals surface area contributed by atoms with Gasteiger partial charge in [0.1, 0.15) is 0 Å². The lowest BCUT2D eigenvalue weighted by Crippen LogP contribution is -2.18. The molecule has 0 spiro atoms. The number of aryl methyl sites for hydroxylation is 1. The molecule has 1 N–H and O–H groups in total. The molecule has 0 radical (unpaired) electrons. The number of benzene rings is 2. The molecule has 19 heavy (non-hydrogen) atoms. The van der Waals surface area contributed by atoms with Gasteiger partial charge >= 0.3 is 0 Å². The molecule has 0 bridgehead atoms. The van der Waals surface area contributed by atoms with Crippen molar-refractivity contribution in [2.75, 3.05) is 0 Å². The van der Waals surface area contributed by atoms with E-state index in [1.807, 2.05) is 12.1 Å². The fraction of sp³-hybridized carbons (Fsp3) is 0.250. The van der Waals surface area contributed by atoms with Crippen molar-refractivity contribution in [3.05, 3.63) is 68.7 Å². The van der Waals surface area contributed by atoms with Gasteiger partial charge in [-0.2, -0.15) is 0 Å². The predicted octanol–water partition coefficient (Wildman–Crippen LogP) is 5.26. The lowest BCUT2D eigenvalue weighted by atomic mass is 10.1. The van der Waals surface area contributed by atoms with E-state index in [-0.39, 0.29) is 0 Å². The van der Waals surface area contributed by atoms with Crippen molar-refractivity contribution in [2.24, 2.45) is 0 Å². The largest absolute Gasteiger partial charge is 0.306 e.